The Morgan fingerprint density at radius 3 is 2.29 bits per heavy atom. The summed E-state index contributed by atoms with van der Waals surface area (Å²) in [6, 6.07) is 0.658. The third-order valence-corrected chi connectivity index (χ3v) is 4.97. The standard InChI is InChI=1S/C16H31N/c1-13(2)17-12-16-10-6-9-15(16)11-14-7-4-3-5-8-14/h13-17H,3-12H2,1-2H3. The van der Waals surface area contributed by atoms with Gasteiger partial charge in [-0.2, -0.15) is 0 Å². The molecule has 17 heavy (non-hydrogen) atoms. The van der Waals surface area contributed by atoms with Gasteiger partial charge in [0.1, 0.15) is 0 Å². The van der Waals surface area contributed by atoms with Crippen molar-refractivity contribution >= 4 is 0 Å². The van der Waals surface area contributed by atoms with E-state index in [1.165, 1.54) is 57.9 Å². The maximum atomic E-state index is 3.65. The van der Waals surface area contributed by atoms with Crippen molar-refractivity contribution in [3.63, 3.8) is 0 Å². The van der Waals surface area contributed by atoms with Crippen molar-refractivity contribution in [3.05, 3.63) is 0 Å². The van der Waals surface area contributed by atoms with Crippen LogP contribution in [0, 0.1) is 17.8 Å². The molecule has 2 aliphatic carbocycles. The second-order valence-corrected chi connectivity index (χ2v) is 6.75. The Kier molecular flexibility index (Phi) is 5.34. The normalized spacial score (nSPS) is 31.2. The van der Waals surface area contributed by atoms with Crippen LogP contribution in [0.25, 0.3) is 0 Å². The van der Waals surface area contributed by atoms with Crippen molar-refractivity contribution in [1.29, 1.82) is 0 Å². The van der Waals surface area contributed by atoms with Crippen molar-refractivity contribution in [2.45, 2.75) is 77.7 Å². The minimum atomic E-state index is 0.658. The molecule has 1 N–H and O–H groups in total. The molecule has 0 aliphatic heterocycles. The predicted molar refractivity (Wildman–Crippen MR) is 75.2 cm³/mol. The number of nitrogens with one attached hydrogen (secondary N) is 1. The van der Waals surface area contributed by atoms with Crippen LogP contribution in [0.5, 0.6) is 0 Å². The summed E-state index contributed by atoms with van der Waals surface area (Å²) in [4.78, 5) is 0. The van der Waals surface area contributed by atoms with Gasteiger partial charge in [0.2, 0.25) is 0 Å². The molecule has 100 valence electrons. The topological polar surface area (TPSA) is 12.0 Å². The average Bonchev–Trinajstić information content (AvgIpc) is 2.75. The van der Waals surface area contributed by atoms with Crippen molar-refractivity contribution in [1.82, 2.24) is 5.32 Å². The van der Waals surface area contributed by atoms with Gasteiger partial charge in [-0.15, -0.1) is 0 Å². The Bertz CT molecular complexity index is 206. The Morgan fingerprint density at radius 1 is 0.882 bits per heavy atom. The van der Waals surface area contributed by atoms with E-state index in [-0.39, 0.29) is 0 Å². The van der Waals surface area contributed by atoms with E-state index in [2.05, 4.69) is 19.2 Å². The van der Waals surface area contributed by atoms with Gasteiger partial charge in [-0.05, 0) is 37.1 Å². The highest BCUT2D eigenvalue weighted by Crippen LogP contribution is 2.39. The molecule has 2 atom stereocenters. The van der Waals surface area contributed by atoms with Gasteiger partial charge in [0, 0.05) is 6.04 Å². The summed E-state index contributed by atoms with van der Waals surface area (Å²) >= 11 is 0. The van der Waals surface area contributed by atoms with Crippen LogP contribution < -0.4 is 5.32 Å². The zero-order chi connectivity index (χ0) is 12.1. The van der Waals surface area contributed by atoms with Crippen molar-refractivity contribution in [2.75, 3.05) is 6.54 Å². The Balaban J connectivity index is 1.73. The summed E-state index contributed by atoms with van der Waals surface area (Å²) in [6.45, 7) is 5.81. The Morgan fingerprint density at radius 2 is 1.59 bits per heavy atom. The highest BCUT2D eigenvalue weighted by molar-refractivity contribution is 4.82. The zero-order valence-corrected chi connectivity index (χ0v) is 11.9. The maximum Gasteiger partial charge on any atom is 0.00104 e. The van der Waals surface area contributed by atoms with Crippen LogP contribution in [0.3, 0.4) is 0 Å². The molecular formula is C16H31N. The molecule has 0 spiro atoms. The van der Waals surface area contributed by atoms with Crippen molar-refractivity contribution in [3.8, 4) is 0 Å². The van der Waals surface area contributed by atoms with Gasteiger partial charge in [-0.3, -0.25) is 0 Å². The summed E-state index contributed by atoms with van der Waals surface area (Å²) in [5.74, 6) is 3.11. The van der Waals surface area contributed by atoms with Crippen LogP contribution in [0.15, 0.2) is 0 Å². The second kappa shape index (κ2) is 6.78. The van der Waals surface area contributed by atoms with Crippen LogP contribution in [-0.2, 0) is 0 Å². The molecule has 0 aromatic carbocycles. The summed E-state index contributed by atoms with van der Waals surface area (Å²) in [5, 5.41) is 3.65. The Hall–Kier alpha value is -0.0400. The van der Waals surface area contributed by atoms with Crippen molar-refractivity contribution in [2.24, 2.45) is 17.8 Å². The summed E-state index contributed by atoms with van der Waals surface area (Å²) in [6.07, 6.45) is 13.6. The molecule has 1 heteroatoms. The van der Waals surface area contributed by atoms with Gasteiger partial charge in [-0.1, -0.05) is 58.8 Å². The lowest BCUT2D eigenvalue weighted by Gasteiger charge is -2.28. The molecule has 0 amide bonds. The number of rotatable bonds is 5. The molecular weight excluding hydrogens is 206 g/mol. The van der Waals surface area contributed by atoms with Gasteiger partial charge in [-0.25, -0.2) is 0 Å². The van der Waals surface area contributed by atoms with Crippen LogP contribution in [0.2, 0.25) is 0 Å². The smallest absolute Gasteiger partial charge is 0.00104 e. The molecule has 2 rings (SSSR count). The van der Waals surface area contributed by atoms with E-state index in [0.29, 0.717) is 6.04 Å². The van der Waals surface area contributed by atoms with Gasteiger partial charge in [0.25, 0.3) is 0 Å². The van der Waals surface area contributed by atoms with Gasteiger partial charge in [0.15, 0.2) is 0 Å². The molecule has 0 aromatic rings. The van der Waals surface area contributed by atoms with Crippen LogP contribution >= 0.6 is 0 Å². The minimum Gasteiger partial charge on any atom is -0.314 e. The lowest BCUT2D eigenvalue weighted by Crippen LogP contribution is -2.31. The fraction of sp³-hybridized carbons (Fsp3) is 1.00. The van der Waals surface area contributed by atoms with Gasteiger partial charge < -0.3 is 5.32 Å². The molecule has 0 aromatic heterocycles. The van der Waals surface area contributed by atoms with E-state index in [9.17, 15) is 0 Å². The van der Waals surface area contributed by atoms with E-state index < -0.39 is 0 Å². The summed E-state index contributed by atoms with van der Waals surface area (Å²) in [5.41, 5.74) is 0. The first-order chi connectivity index (χ1) is 8.25. The van der Waals surface area contributed by atoms with E-state index >= 15 is 0 Å². The summed E-state index contributed by atoms with van der Waals surface area (Å²) in [7, 11) is 0. The fourth-order valence-corrected chi connectivity index (χ4v) is 3.93. The van der Waals surface area contributed by atoms with Crippen LogP contribution in [0.4, 0.5) is 0 Å². The van der Waals surface area contributed by atoms with Crippen LogP contribution in [0.1, 0.15) is 71.6 Å². The molecule has 2 saturated carbocycles. The zero-order valence-electron chi connectivity index (χ0n) is 11.9. The molecule has 0 saturated heterocycles. The number of hydrogen-bond donors (Lipinski definition) is 1. The van der Waals surface area contributed by atoms with E-state index in [1.807, 2.05) is 0 Å². The molecule has 2 unspecified atom stereocenters. The highest BCUT2D eigenvalue weighted by Gasteiger charge is 2.29. The van der Waals surface area contributed by atoms with Gasteiger partial charge in [0.05, 0.1) is 0 Å². The lowest BCUT2D eigenvalue weighted by atomic mass is 9.79. The predicted octanol–water partition coefficient (Wildman–Crippen LogP) is 4.37. The first-order valence-electron chi connectivity index (χ1n) is 7.99. The second-order valence-electron chi connectivity index (χ2n) is 6.75. The molecule has 1 nitrogen and oxygen atoms in total. The monoisotopic (exact) mass is 237 g/mol. The molecule has 0 heterocycles. The molecule has 0 bridgehead atoms. The average molecular weight is 237 g/mol. The fourth-order valence-electron chi connectivity index (χ4n) is 3.93. The third kappa shape index (κ3) is 4.28. The lowest BCUT2D eigenvalue weighted by molar-refractivity contribution is 0.246. The molecule has 2 fully saturated rings. The first kappa shape index (κ1) is 13.4. The minimum absolute atomic E-state index is 0.658. The quantitative estimate of drug-likeness (QED) is 0.748. The highest BCUT2D eigenvalue weighted by atomic mass is 14.9. The van der Waals surface area contributed by atoms with E-state index in [4.69, 9.17) is 0 Å². The molecule has 2 aliphatic rings. The van der Waals surface area contributed by atoms with Crippen molar-refractivity contribution < 1.29 is 0 Å². The van der Waals surface area contributed by atoms with Crippen LogP contribution in [-0.4, -0.2) is 12.6 Å². The number of hydrogen-bond acceptors (Lipinski definition) is 1. The van der Waals surface area contributed by atoms with E-state index in [1.54, 1.807) is 6.42 Å². The first-order valence-corrected chi connectivity index (χ1v) is 7.99. The maximum absolute atomic E-state index is 3.65. The largest absolute Gasteiger partial charge is 0.314 e. The van der Waals surface area contributed by atoms with E-state index in [0.717, 1.165) is 17.8 Å². The summed E-state index contributed by atoms with van der Waals surface area (Å²) < 4.78 is 0. The molecule has 0 radical (unpaired) electrons. The Labute approximate surface area is 108 Å². The SMILES string of the molecule is CC(C)NCC1CCCC1CC1CCCCC1. The van der Waals surface area contributed by atoms with Gasteiger partial charge >= 0.3 is 0 Å². The third-order valence-electron chi connectivity index (χ3n) is 4.97.